The summed E-state index contributed by atoms with van der Waals surface area (Å²) < 4.78 is 23.8. The number of carbonyl (C=O) groups is 1. The molecule has 1 heterocycles. The second-order valence-corrected chi connectivity index (χ2v) is 5.10. The summed E-state index contributed by atoms with van der Waals surface area (Å²) in [5.41, 5.74) is 0.146. The molecular weight excluding hydrogens is 293 g/mol. The summed E-state index contributed by atoms with van der Waals surface area (Å²) in [5, 5.41) is 19.7. The Kier molecular flexibility index (Phi) is 5.33. The lowest BCUT2D eigenvalue weighted by atomic mass is 10.0. The van der Waals surface area contributed by atoms with E-state index in [4.69, 9.17) is 9.47 Å². The van der Waals surface area contributed by atoms with E-state index in [0.717, 1.165) is 6.07 Å². The molecule has 1 aromatic carbocycles. The van der Waals surface area contributed by atoms with Crippen LogP contribution in [0.15, 0.2) is 18.2 Å². The van der Waals surface area contributed by atoms with Crippen LogP contribution in [0.3, 0.4) is 0 Å². The largest absolute Gasteiger partial charge is 0.494 e. The van der Waals surface area contributed by atoms with E-state index in [2.05, 4.69) is 0 Å². The van der Waals surface area contributed by atoms with Crippen LogP contribution in [0.25, 0.3) is 0 Å². The van der Waals surface area contributed by atoms with E-state index in [1.54, 1.807) is 6.92 Å². The van der Waals surface area contributed by atoms with Gasteiger partial charge in [0, 0.05) is 12.1 Å². The number of aliphatic hydroxyl groups excluding tert-OH is 2. The van der Waals surface area contributed by atoms with Crippen molar-refractivity contribution in [3.63, 3.8) is 0 Å². The van der Waals surface area contributed by atoms with E-state index in [0.29, 0.717) is 6.54 Å². The highest BCUT2D eigenvalue weighted by molar-refractivity contribution is 5.94. The van der Waals surface area contributed by atoms with Crippen LogP contribution >= 0.6 is 0 Å². The first kappa shape index (κ1) is 16.7. The second kappa shape index (κ2) is 7.04. The minimum absolute atomic E-state index is 0.0283. The predicted octanol–water partition coefficient (Wildman–Crippen LogP) is 0.417. The van der Waals surface area contributed by atoms with Crippen molar-refractivity contribution in [3.8, 4) is 5.75 Å². The van der Waals surface area contributed by atoms with Crippen LogP contribution in [0, 0.1) is 5.82 Å². The molecule has 0 saturated carbocycles. The number of carbonyl (C=O) groups excluding carboxylic acids is 1. The molecule has 1 saturated heterocycles. The van der Waals surface area contributed by atoms with E-state index in [-0.39, 0.29) is 24.5 Å². The van der Waals surface area contributed by atoms with Crippen LogP contribution in [0.5, 0.6) is 5.75 Å². The number of methoxy groups -OCH3 is 1. The summed E-state index contributed by atoms with van der Waals surface area (Å²) in [6, 6.07) is 3.25. The van der Waals surface area contributed by atoms with Crippen LogP contribution in [0.4, 0.5) is 4.39 Å². The molecular formula is C15H20FNO5. The zero-order valence-corrected chi connectivity index (χ0v) is 12.5. The molecule has 122 valence electrons. The minimum atomic E-state index is -1.10. The van der Waals surface area contributed by atoms with Gasteiger partial charge in [-0.1, -0.05) is 0 Å². The van der Waals surface area contributed by atoms with E-state index in [9.17, 15) is 19.4 Å². The molecule has 0 aromatic heterocycles. The molecule has 1 aliphatic heterocycles. The third kappa shape index (κ3) is 3.21. The topological polar surface area (TPSA) is 79.2 Å². The smallest absolute Gasteiger partial charge is 0.254 e. The molecule has 7 heteroatoms. The second-order valence-electron chi connectivity index (χ2n) is 5.10. The van der Waals surface area contributed by atoms with Crippen molar-refractivity contribution in [1.29, 1.82) is 0 Å². The molecule has 0 spiro atoms. The van der Waals surface area contributed by atoms with Gasteiger partial charge in [0.15, 0.2) is 11.6 Å². The van der Waals surface area contributed by atoms with Gasteiger partial charge in [-0.05, 0) is 25.1 Å². The van der Waals surface area contributed by atoms with Crippen molar-refractivity contribution in [1.82, 2.24) is 4.90 Å². The molecule has 1 aliphatic rings. The van der Waals surface area contributed by atoms with Crippen molar-refractivity contribution in [2.24, 2.45) is 0 Å². The van der Waals surface area contributed by atoms with Gasteiger partial charge in [-0.2, -0.15) is 0 Å². The molecule has 2 rings (SSSR count). The maximum atomic E-state index is 13.7. The predicted molar refractivity (Wildman–Crippen MR) is 76.3 cm³/mol. The molecule has 22 heavy (non-hydrogen) atoms. The Morgan fingerprint density at radius 1 is 1.45 bits per heavy atom. The maximum absolute atomic E-state index is 13.7. The summed E-state index contributed by atoms with van der Waals surface area (Å²) in [5.74, 6) is -1.02. The Balaban J connectivity index is 2.23. The van der Waals surface area contributed by atoms with Gasteiger partial charge in [0.05, 0.1) is 26.4 Å². The number of ether oxygens (including phenoxy) is 2. The molecule has 3 atom stereocenters. The number of hydrogen-bond acceptors (Lipinski definition) is 5. The van der Waals surface area contributed by atoms with Crippen molar-refractivity contribution in [2.75, 3.05) is 26.9 Å². The monoisotopic (exact) mass is 313 g/mol. The van der Waals surface area contributed by atoms with Crippen molar-refractivity contribution in [3.05, 3.63) is 29.6 Å². The number of rotatable bonds is 4. The van der Waals surface area contributed by atoms with Crippen LogP contribution in [-0.4, -0.2) is 66.1 Å². The fourth-order valence-electron chi connectivity index (χ4n) is 2.53. The molecule has 1 amide bonds. The molecule has 1 fully saturated rings. The fraction of sp³-hybridized carbons (Fsp3) is 0.533. The maximum Gasteiger partial charge on any atom is 0.254 e. The van der Waals surface area contributed by atoms with Crippen LogP contribution in [0.1, 0.15) is 17.3 Å². The molecule has 6 nitrogen and oxygen atoms in total. The lowest BCUT2D eigenvalue weighted by Crippen LogP contribution is -2.57. The lowest BCUT2D eigenvalue weighted by molar-refractivity contribution is -0.125. The minimum Gasteiger partial charge on any atom is -0.494 e. The zero-order valence-electron chi connectivity index (χ0n) is 12.5. The molecule has 0 bridgehead atoms. The highest BCUT2D eigenvalue weighted by atomic mass is 19.1. The summed E-state index contributed by atoms with van der Waals surface area (Å²) in [6.07, 6.45) is -2.14. The SMILES string of the molecule is CCN(C(=O)c1ccc(OC)c(F)c1)[C@@H]1COC[C@@H](O)[C@H]1O. The van der Waals surface area contributed by atoms with Gasteiger partial charge < -0.3 is 24.6 Å². The highest BCUT2D eigenvalue weighted by Crippen LogP contribution is 2.21. The van der Waals surface area contributed by atoms with Crippen LogP contribution in [0.2, 0.25) is 0 Å². The number of amides is 1. The average Bonchev–Trinajstić information content (AvgIpc) is 2.51. The number of nitrogens with zero attached hydrogens (tertiary/aromatic N) is 1. The zero-order chi connectivity index (χ0) is 16.3. The van der Waals surface area contributed by atoms with Gasteiger partial charge in [-0.15, -0.1) is 0 Å². The van der Waals surface area contributed by atoms with Gasteiger partial charge >= 0.3 is 0 Å². The van der Waals surface area contributed by atoms with Crippen molar-refractivity contribution >= 4 is 5.91 Å². The molecule has 1 aromatic rings. The summed E-state index contributed by atoms with van der Waals surface area (Å²) >= 11 is 0. The Hall–Kier alpha value is -1.70. The first-order chi connectivity index (χ1) is 10.5. The number of hydrogen-bond donors (Lipinski definition) is 2. The van der Waals surface area contributed by atoms with Gasteiger partial charge in [-0.25, -0.2) is 4.39 Å². The molecule has 2 N–H and O–H groups in total. The third-order valence-electron chi connectivity index (χ3n) is 3.77. The number of aliphatic hydroxyl groups is 2. The Bertz CT molecular complexity index is 539. The summed E-state index contributed by atoms with van der Waals surface area (Å²) in [6.45, 7) is 2.19. The van der Waals surface area contributed by atoms with E-state index in [1.165, 1.54) is 24.1 Å². The van der Waals surface area contributed by atoms with Crippen molar-refractivity contribution < 1.29 is 28.9 Å². The number of benzene rings is 1. The van der Waals surface area contributed by atoms with E-state index < -0.39 is 30.0 Å². The Morgan fingerprint density at radius 3 is 2.77 bits per heavy atom. The number of halogens is 1. The Labute approximate surface area is 128 Å². The van der Waals surface area contributed by atoms with Gasteiger partial charge in [-0.3, -0.25) is 4.79 Å². The van der Waals surface area contributed by atoms with Crippen molar-refractivity contribution in [2.45, 2.75) is 25.2 Å². The van der Waals surface area contributed by atoms with Crippen LogP contribution < -0.4 is 4.74 Å². The Morgan fingerprint density at radius 2 is 2.18 bits per heavy atom. The quantitative estimate of drug-likeness (QED) is 0.842. The highest BCUT2D eigenvalue weighted by Gasteiger charge is 2.37. The number of likely N-dealkylation sites (N-methyl/N-ethyl adjacent to an activating group) is 1. The first-order valence-corrected chi connectivity index (χ1v) is 7.08. The van der Waals surface area contributed by atoms with Gasteiger partial charge in [0.2, 0.25) is 0 Å². The standard InChI is InChI=1S/C15H20FNO5/c1-3-17(11-7-22-8-12(18)14(11)19)15(20)9-4-5-13(21-2)10(16)6-9/h4-6,11-12,14,18-19H,3,7-8H2,1-2H3/t11-,12-,14+/m1/s1. The molecule has 0 radical (unpaired) electrons. The average molecular weight is 313 g/mol. The summed E-state index contributed by atoms with van der Waals surface area (Å²) in [7, 11) is 1.34. The normalized spacial score (nSPS) is 24.9. The lowest BCUT2D eigenvalue weighted by Gasteiger charge is -2.39. The third-order valence-corrected chi connectivity index (χ3v) is 3.77. The van der Waals surface area contributed by atoms with E-state index >= 15 is 0 Å². The fourth-order valence-corrected chi connectivity index (χ4v) is 2.53. The molecule has 0 aliphatic carbocycles. The van der Waals surface area contributed by atoms with Gasteiger partial charge in [0.1, 0.15) is 12.2 Å². The van der Waals surface area contributed by atoms with Gasteiger partial charge in [0.25, 0.3) is 5.91 Å². The van der Waals surface area contributed by atoms with E-state index in [1.807, 2.05) is 0 Å². The molecule has 0 unspecified atom stereocenters. The first-order valence-electron chi connectivity index (χ1n) is 7.08. The summed E-state index contributed by atoms with van der Waals surface area (Å²) in [4.78, 5) is 13.9. The van der Waals surface area contributed by atoms with Crippen LogP contribution in [-0.2, 0) is 4.74 Å².